The number of thiophene rings is 1. The second-order valence-corrected chi connectivity index (χ2v) is 10.1. The van der Waals surface area contributed by atoms with Gasteiger partial charge in [0.05, 0.1) is 6.54 Å². The zero-order valence-electron chi connectivity index (χ0n) is 18.8. The summed E-state index contributed by atoms with van der Waals surface area (Å²) < 4.78 is 0. The molecule has 3 rings (SSSR count). The molecule has 0 aliphatic carbocycles. The van der Waals surface area contributed by atoms with Gasteiger partial charge in [0.15, 0.2) is 0 Å². The van der Waals surface area contributed by atoms with Crippen molar-refractivity contribution in [1.29, 1.82) is 0 Å². The van der Waals surface area contributed by atoms with Crippen LogP contribution in [-0.4, -0.2) is 34.7 Å². The fourth-order valence-corrected chi connectivity index (χ4v) is 4.72. The predicted molar refractivity (Wildman–Crippen MR) is 137 cm³/mol. The lowest BCUT2D eigenvalue weighted by atomic mass is 10.1. The molecule has 0 radical (unpaired) electrons. The van der Waals surface area contributed by atoms with Gasteiger partial charge in [0.25, 0.3) is 5.91 Å². The van der Waals surface area contributed by atoms with Crippen molar-refractivity contribution in [2.45, 2.75) is 33.4 Å². The van der Waals surface area contributed by atoms with E-state index in [4.69, 9.17) is 23.2 Å². The molecule has 1 aromatic heterocycles. The minimum Gasteiger partial charge on any atom is -0.332 e. The van der Waals surface area contributed by atoms with Crippen molar-refractivity contribution >= 4 is 46.4 Å². The van der Waals surface area contributed by atoms with Gasteiger partial charge in [-0.3, -0.25) is 9.59 Å². The maximum absolute atomic E-state index is 13.5. The summed E-state index contributed by atoms with van der Waals surface area (Å²) >= 11 is 13.9. The Labute approximate surface area is 209 Å². The predicted octanol–water partition coefficient (Wildman–Crippen LogP) is 6.77. The summed E-state index contributed by atoms with van der Waals surface area (Å²) in [4.78, 5) is 31.4. The van der Waals surface area contributed by atoms with Crippen molar-refractivity contribution in [2.24, 2.45) is 5.92 Å². The third-order valence-electron chi connectivity index (χ3n) is 5.45. The Morgan fingerprint density at radius 1 is 0.939 bits per heavy atom. The summed E-state index contributed by atoms with van der Waals surface area (Å²) in [6.07, 6.45) is 0.900. The molecule has 33 heavy (non-hydrogen) atoms. The van der Waals surface area contributed by atoms with E-state index in [2.05, 4.69) is 13.8 Å². The third kappa shape index (κ3) is 7.60. The first-order valence-electron chi connectivity index (χ1n) is 10.9. The minimum atomic E-state index is -0.246. The van der Waals surface area contributed by atoms with Crippen LogP contribution >= 0.6 is 34.5 Å². The maximum atomic E-state index is 13.5. The van der Waals surface area contributed by atoms with Crippen molar-refractivity contribution in [3.05, 3.63) is 92.1 Å². The maximum Gasteiger partial charge on any atom is 0.254 e. The molecular weight excluding hydrogens is 475 g/mol. The van der Waals surface area contributed by atoms with Gasteiger partial charge in [0, 0.05) is 33.6 Å². The van der Waals surface area contributed by atoms with Gasteiger partial charge in [-0.1, -0.05) is 79.9 Å². The first-order chi connectivity index (χ1) is 15.9. The SMILES string of the molecule is CCC(C)CN(CC(=O)N(Cc1ccccc1)Cc1cccs1)C(=O)c1cc(Cl)cc(Cl)c1. The molecule has 1 atom stereocenters. The van der Waals surface area contributed by atoms with Gasteiger partial charge < -0.3 is 9.80 Å². The Balaban J connectivity index is 1.84. The normalized spacial score (nSPS) is 11.8. The zero-order valence-corrected chi connectivity index (χ0v) is 21.2. The number of amides is 2. The van der Waals surface area contributed by atoms with Crippen molar-refractivity contribution < 1.29 is 9.59 Å². The molecule has 2 amide bonds. The largest absolute Gasteiger partial charge is 0.332 e. The van der Waals surface area contributed by atoms with E-state index in [1.165, 1.54) is 0 Å². The van der Waals surface area contributed by atoms with Crippen LogP contribution in [0.1, 0.15) is 41.1 Å². The van der Waals surface area contributed by atoms with Crippen LogP contribution in [0.2, 0.25) is 10.0 Å². The molecule has 1 heterocycles. The average Bonchev–Trinajstić information content (AvgIpc) is 3.30. The average molecular weight is 503 g/mol. The molecule has 0 fully saturated rings. The van der Waals surface area contributed by atoms with Crippen LogP contribution in [0, 0.1) is 5.92 Å². The van der Waals surface area contributed by atoms with E-state index in [1.807, 2.05) is 52.7 Å². The molecule has 174 valence electrons. The number of hydrogen-bond donors (Lipinski definition) is 0. The van der Waals surface area contributed by atoms with E-state index in [1.54, 1.807) is 34.4 Å². The van der Waals surface area contributed by atoms with Crippen LogP contribution in [0.3, 0.4) is 0 Å². The van der Waals surface area contributed by atoms with Crippen molar-refractivity contribution in [1.82, 2.24) is 9.80 Å². The van der Waals surface area contributed by atoms with Crippen molar-refractivity contribution in [2.75, 3.05) is 13.1 Å². The first kappa shape index (κ1) is 25.3. The number of carbonyl (C=O) groups is 2. The summed E-state index contributed by atoms with van der Waals surface area (Å²) in [7, 11) is 0. The number of nitrogens with zero attached hydrogens (tertiary/aromatic N) is 2. The summed E-state index contributed by atoms with van der Waals surface area (Å²) in [5.41, 5.74) is 1.43. The van der Waals surface area contributed by atoms with E-state index in [0.717, 1.165) is 16.9 Å². The monoisotopic (exact) mass is 502 g/mol. The van der Waals surface area contributed by atoms with Crippen LogP contribution in [0.4, 0.5) is 0 Å². The number of rotatable bonds is 10. The molecule has 3 aromatic rings. The molecule has 2 aromatic carbocycles. The number of hydrogen-bond acceptors (Lipinski definition) is 3. The van der Waals surface area contributed by atoms with E-state index in [0.29, 0.717) is 35.2 Å². The highest BCUT2D eigenvalue weighted by atomic mass is 35.5. The highest BCUT2D eigenvalue weighted by Gasteiger charge is 2.24. The molecule has 0 aliphatic heterocycles. The summed E-state index contributed by atoms with van der Waals surface area (Å²) in [5.74, 6) is -0.0999. The fourth-order valence-electron chi connectivity index (χ4n) is 3.47. The Hall–Kier alpha value is -2.34. The lowest BCUT2D eigenvalue weighted by molar-refractivity contribution is -0.133. The molecule has 0 bridgehead atoms. The van der Waals surface area contributed by atoms with E-state index in [9.17, 15) is 9.59 Å². The van der Waals surface area contributed by atoms with Crippen molar-refractivity contribution in [3.63, 3.8) is 0 Å². The standard InChI is InChI=1S/C26H28Cl2N2O2S/c1-3-19(2)15-30(26(32)21-12-22(27)14-23(28)13-21)18-25(31)29(17-24-10-7-11-33-24)16-20-8-5-4-6-9-20/h4-14,19H,3,15-18H2,1-2H3. The van der Waals surface area contributed by atoms with Crippen LogP contribution in [0.15, 0.2) is 66.0 Å². The van der Waals surface area contributed by atoms with Crippen LogP contribution in [0.25, 0.3) is 0 Å². The molecule has 0 spiro atoms. The smallest absolute Gasteiger partial charge is 0.254 e. The molecule has 1 unspecified atom stereocenters. The molecule has 0 N–H and O–H groups in total. The van der Waals surface area contributed by atoms with Crippen LogP contribution in [-0.2, 0) is 17.9 Å². The second-order valence-electron chi connectivity index (χ2n) is 8.17. The van der Waals surface area contributed by atoms with E-state index >= 15 is 0 Å². The zero-order chi connectivity index (χ0) is 23.8. The van der Waals surface area contributed by atoms with Gasteiger partial charge >= 0.3 is 0 Å². The van der Waals surface area contributed by atoms with Gasteiger partial charge in [0.2, 0.25) is 5.91 Å². The quantitative estimate of drug-likeness (QED) is 0.306. The molecule has 0 aliphatic rings. The molecule has 7 heteroatoms. The molecule has 0 saturated carbocycles. The Morgan fingerprint density at radius 2 is 1.64 bits per heavy atom. The Morgan fingerprint density at radius 3 is 2.24 bits per heavy atom. The van der Waals surface area contributed by atoms with Gasteiger partial charge in [-0.15, -0.1) is 11.3 Å². The molecular formula is C26H28Cl2N2O2S. The van der Waals surface area contributed by atoms with Gasteiger partial charge in [-0.25, -0.2) is 0 Å². The first-order valence-corrected chi connectivity index (χ1v) is 12.6. The highest BCUT2D eigenvalue weighted by molar-refractivity contribution is 7.09. The van der Waals surface area contributed by atoms with E-state index < -0.39 is 0 Å². The minimum absolute atomic E-state index is 0.00842. The number of halogens is 2. The Kier molecular flexibility index (Phi) is 9.36. The molecule has 0 saturated heterocycles. The second kappa shape index (κ2) is 12.2. The van der Waals surface area contributed by atoms with Crippen molar-refractivity contribution in [3.8, 4) is 0 Å². The van der Waals surface area contributed by atoms with Gasteiger partial charge in [0.1, 0.15) is 6.54 Å². The fraction of sp³-hybridized carbons (Fsp3) is 0.308. The van der Waals surface area contributed by atoms with Gasteiger partial charge in [-0.05, 0) is 41.1 Å². The lowest BCUT2D eigenvalue weighted by Crippen LogP contribution is -2.44. The van der Waals surface area contributed by atoms with Gasteiger partial charge in [-0.2, -0.15) is 0 Å². The highest BCUT2D eigenvalue weighted by Crippen LogP contribution is 2.22. The summed E-state index contributed by atoms with van der Waals surface area (Å²) in [6, 6.07) is 18.7. The number of benzene rings is 2. The Bertz CT molecular complexity index is 1040. The number of carbonyl (C=O) groups excluding carboxylic acids is 2. The topological polar surface area (TPSA) is 40.6 Å². The van der Waals surface area contributed by atoms with Crippen LogP contribution in [0.5, 0.6) is 0 Å². The van der Waals surface area contributed by atoms with Crippen LogP contribution < -0.4 is 0 Å². The lowest BCUT2D eigenvalue weighted by Gasteiger charge is -2.29. The third-order valence-corrected chi connectivity index (χ3v) is 6.75. The summed E-state index contributed by atoms with van der Waals surface area (Å²) in [5, 5.41) is 2.79. The van der Waals surface area contributed by atoms with E-state index in [-0.39, 0.29) is 24.3 Å². The molecule has 4 nitrogen and oxygen atoms in total. The summed E-state index contributed by atoms with van der Waals surface area (Å²) in [6.45, 7) is 5.59.